The van der Waals surface area contributed by atoms with Gasteiger partial charge in [-0.3, -0.25) is 4.90 Å². The molecule has 2 aromatic rings. The molecule has 0 spiro atoms. The zero-order valence-electron chi connectivity index (χ0n) is 11.6. The normalized spacial score (nSPS) is 11.3. The molecule has 0 atom stereocenters. The van der Waals surface area contributed by atoms with Crippen molar-refractivity contribution in [1.29, 1.82) is 0 Å². The molecule has 0 heterocycles. The Hall–Kier alpha value is -1.57. The molecule has 2 rings (SSSR count). The second kappa shape index (κ2) is 8.57. The van der Waals surface area contributed by atoms with Gasteiger partial charge in [0.15, 0.2) is 0 Å². The van der Waals surface area contributed by atoms with Gasteiger partial charge in [0.25, 0.3) is 0 Å². The molecule has 0 aliphatic rings. The Bertz CT molecular complexity index is 466. The molecule has 2 aromatic carbocycles. The first-order valence-electron chi connectivity index (χ1n) is 6.89. The SMILES string of the molecule is ClCC=CCN(Cc1ccccc1)Cc1ccccc1. The predicted octanol–water partition coefficient (Wildman–Crippen LogP) is 4.48. The maximum Gasteiger partial charge on any atom is 0.0404 e. The molecule has 0 aliphatic heterocycles. The quantitative estimate of drug-likeness (QED) is 0.535. The minimum absolute atomic E-state index is 0.574. The van der Waals surface area contributed by atoms with Gasteiger partial charge >= 0.3 is 0 Å². The van der Waals surface area contributed by atoms with Gasteiger partial charge in [-0.25, -0.2) is 0 Å². The minimum atomic E-state index is 0.574. The van der Waals surface area contributed by atoms with Crippen LogP contribution in [0.4, 0.5) is 0 Å². The first-order valence-corrected chi connectivity index (χ1v) is 7.43. The Labute approximate surface area is 126 Å². The fourth-order valence-corrected chi connectivity index (χ4v) is 2.28. The molecule has 0 aliphatic carbocycles. The van der Waals surface area contributed by atoms with E-state index < -0.39 is 0 Å². The summed E-state index contributed by atoms with van der Waals surface area (Å²) in [4.78, 5) is 2.41. The molecule has 0 bridgehead atoms. The van der Waals surface area contributed by atoms with Crippen molar-refractivity contribution in [2.75, 3.05) is 12.4 Å². The monoisotopic (exact) mass is 285 g/mol. The first-order chi connectivity index (χ1) is 9.88. The highest BCUT2D eigenvalue weighted by Crippen LogP contribution is 2.10. The van der Waals surface area contributed by atoms with Crippen LogP contribution in [-0.2, 0) is 13.1 Å². The summed E-state index contributed by atoms with van der Waals surface area (Å²) in [7, 11) is 0. The van der Waals surface area contributed by atoms with E-state index in [1.54, 1.807) is 0 Å². The van der Waals surface area contributed by atoms with Gasteiger partial charge in [-0.2, -0.15) is 0 Å². The van der Waals surface area contributed by atoms with Gasteiger partial charge in [-0.15, -0.1) is 11.6 Å². The lowest BCUT2D eigenvalue weighted by Gasteiger charge is -2.21. The fraction of sp³-hybridized carbons (Fsp3) is 0.222. The standard InChI is InChI=1S/C18H20ClN/c19-13-7-8-14-20(15-17-9-3-1-4-10-17)16-18-11-5-2-6-12-18/h1-12H,13-16H2. The van der Waals surface area contributed by atoms with Gasteiger partial charge in [0.05, 0.1) is 0 Å². The topological polar surface area (TPSA) is 3.24 Å². The summed E-state index contributed by atoms with van der Waals surface area (Å²) >= 11 is 5.70. The zero-order valence-corrected chi connectivity index (χ0v) is 12.3. The molecule has 2 heteroatoms. The van der Waals surface area contributed by atoms with Crippen LogP contribution >= 0.6 is 11.6 Å². The van der Waals surface area contributed by atoms with E-state index in [0.717, 1.165) is 19.6 Å². The van der Waals surface area contributed by atoms with Crippen LogP contribution in [0, 0.1) is 0 Å². The Morgan fingerprint density at radius 2 is 1.25 bits per heavy atom. The lowest BCUT2D eigenvalue weighted by Crippen LogP contribution is -2.22. The highest BCUT2D eigenvalue weighted by atomic mass is 35.5. The van der Waals surface area contributed by atoms with E-state index >= 15 is 0 Å². The number of rotatable bonds is 7. The van der Waals surface area contributed by atoms with Gasteiger partial charge in [-0.05, 0) is 11.1 Å². The van der Waals surface area contributed by atoms with Crippen LogP contribution in [0.5, 0.6) is 0 Å². The molecule has 0 unspecified atom stereocenters. The smallest absolute Gasteiger partial charge is 0.0404 e. The Morgan fingerprint density at radius 3 is 1.70 bits per heavy atom. The number of nitrogens with zero attached hydrogens (tertiary/aromatic N) is 1. The third kappa shape index (κ3) is 5.20. The second-order valence-electron chi connectivity index (χ2n) is 4.77. The van der Waals surface area contributed by atoms with Crippen LogP contribution in [-0.4, -0.2) is 17.3 Å². The number of benzene rings is 2. The molecule has 104 valence electrons. The van der Waals surface area contributed by atoms with Crippen molar-refractivity contribution in [3.8, 4) is 0 Å². The molecule has 1 nitrogen and oxygen atoms in total. The van der Waals surface area contributed by atoms with Crippen LogP contribution in [0.15, 0.2) is 72.8 Å². The second-order valence-corrected chi connectivity index (χ2v) is 5.08. The zero-order chi connectivity index (χ0) is 14.0. The van der Waals surface area contributed by atoms with E-state index in [1.165, 1.54) is 11.1 Å². The van der Waals surface area contributed by atoms with Gasteiger partial charge < -0.3 is 0 Å². The van der Waals surface area contributed by atoms with E-state index in [9.17, 15) is 0 Å². The minimum Gasteiger partial charge on any atom is -0.291 e. The Morgan fingerprint density at radius 1 is 0.750 bits per heavy atom. The fourth-order valence-electron chi connectivity index (χ4n) is 2.15. The lowest BCUT2D eigenvalue weighted by atomic mass is 10.1. The largest absolute Gasteiger partial charge is 0.291 e. The summed E-state index contributed by atoms with van der Waals surface area (Å²) < 4.78 is 0. The van der Waals surface area contributed by atoms with Gasteiger partial charge in [0.2, 0.25) is 0 Å². The first kappa shape index (κ1) is 14.8. The van der Waals surface area contributed by atoms with Crippen LogP contribution in [0.2, 0.25) is 0 Å². The van der Waals surface area contributed by atoms with Crippen molar-refractivity contribution < 1.29 is 0 Å². The van der Waals surface area contributed by atoms with Crippen molar-refractivity contribution >= 4 is 11.6 Å². The summed E-state index contributed by atoms with van der Waals surface area (Å²) in [5.74, 6) is 0.574. The van der Waals surface area contributed by atoms with Crippen molar-refractivity contribution in [3.05, 3.63) is 83.9 Å². The third-order valence-electron chi connectivity index (χ3n) is 3.12. The van der Waals surface area contributed by atoms with Crippen LogP contribution in [0.1, 0.15) is 11.1 Å². The summed E-state index contributed by atoms with van der Waals surface area (Å²) in [5.41, 5.74) is 2.67. The highest BCUT2D eigenvalue weighted by molar-refractivity contribution is 6.18. The molecule has 0 aromatic heterocycles. The molecular weight excluding hydrogens is 266 g/mol. The molecule has 0 saturated heterocycles. The van der Waals surface area contributed by atoms with Gasteiger partial charge in [0.1, 0.15) is 0 Å². The Balaban J connectivity index is 2.02. The maximum absolute atomic E-state index is 5.70. The number of halogens is 1. The lowest BCUT2D eigenvalue weighted by molar-refractivity contribution is 0.286. The molecule has 20 heavy (non-hydrogen) atoms. The molecule has 0 saturated carbocycles. The van der Waals surface area contributed by atoms with E-state index in [2.05, 4.69) is 71.6 Å². The Kier molecular flexibility index (Phi) is 6.36. The summed E-state index contributed by atoms with van der Waals surface area (Å²) in [6.07, 6.45) is 4.14. The van der Waals surface area contributed by atoms with Crippen LogP contribution < -0.4 is 0 Å². The number of allylic oxidation sites excluding steroid dienone is 1. The summed E-state index contributed by atoms with van der Waals surface area (Å²) in [6, 6.07) is 21.1. The van der Waals surface area contributed by atoms with E-state index in [0.29, 0.717) is 5.88 Å². The van der Waals surface area contributed by atoms with Crippen molar-refractivity contribution in [2.45, 2.75) is 13.1 Å². The van der Waals surface area contributed by atoms with E-state index in [-0.39, 0.29) is 0 Å². The number of hydrogen-bond donors (Lipinski definition) is 0. The molecule has 0 fully saturated rings. The van der Waals surface area contributed by atoms with Crippen LogP contribution in [0.25, 0.3) is 0 Å². The number of alkyl halides is 1. The van der Waals surface area contributed by atoms with Crippen molar-refractivity contribution in [2.24, 2.45) is 0 Å². The molecular formula is C18H20ClN. The summed E-state index contributed by atoms with van der Waals surface area (Å²) in [6.45, 7) is 2.81. The number of hydrogen-bond acceptors (Lipinski definition) is 1. The predicted molar refractivity (Wildman–Crippen MR) is 86.9 cm³/mol. The molecule has 0 radical (unpaired) electrons. The average molecular weight is 286 g/mol. The van der Waals surface area contributed by atoms with Gasteiger partial charge in [-0.1, -0.05) is 72.8 Å². The maximum atomic E-state index is 5.70. The van der Waals surface area contributed by atoms with E-state index in [4.69, 9.17) is 11.6 Å². The van der Waals surface area contributed by atoms with Crippen molar-refractivity contribution in [1.82, 2.24) is 4.90 Å². The third-order valence-corrected chi connectivity index (χ3v) is 3.30. The molecule has 0 amide bonds. The van der Waals surface area contributed by atoms with Gasteiger partial charge in [0, 0.05) is 25.5 Å². The van der Waals surface area contributed by atoms with E-state index in [1.807, 2.05) is 6.08 Å². The van der Waals surface area contributed by atoms with Crippen molar-refractivity contribution in [3.63, 3.8) is 0 Å². The summed E-state index contributed by atoms with van der Waals surface area (Å²) in [5, 5.41) is 0. The van der Waals surface area contributed by atoms with Crippen LogP contribution in [0.3, 0.4) is 0 Å². The average Bonchev–Trinajstić information content (AvgIpc) is 2.49. The highest BCUT2D eigenvalue weighted by Gasteiger charge is 2.05. The molecule has 0 N–H and O–H groups in total.